The highest BCUT2D eigenvalue weighted by Gasteiger charge is 2.32. The number of fused-ring (bicyclic) bond motifs is 1. The fourth-order valence-corrected chi connectivity index (χ4v) is 3.64. The number of rotatable bonds is 4. The van der Waals surface area contributed by atoms with Crippen LogP contribution in [-0.4, -0.2) is 26.1 Å². The highest BCUT2D eigenvalue weighted by molar-refractivity contribution is 6.33. The van der Waals surface area contributed by atoms with Gasteiger partial charge in [0.05, 0.1) is 16.1 Å². The lowest BCUT2D eigenvalue weighted by Gasteiger charge is -2.15. The van der Waals surface area contributed by atoms with Gasteiger partial charge in [-0.05, 0) is 35.4 Å². The third-order valence-electron chi connectivity index (χ3n) is 4.72. The molecular weight excluding hydrogens is 438 g/mol. The minimum atomic E-state index is -4.75. The Kier molecular flexibility index (Phi) is 5.14. The lowest BCUT2D eigenvalue weighted by molar-refractivity contribution is -0.140. The molecule has 0 radical (unpaired) electrons. The number of hydrogen-bond acceptors (Lipinski definition) is 3. The Balaban J connectivity index is 1.88. The van der Waals surface area contributed by atoms with Gasteiger partial charge in [0.2, 0.25) is 0 Å². The van der Waals surface area contributed by atoms with Gasteiger partial charge in [-0.3, -0.25) is 0 Å². The maximum absolute atomic E-state index is 14.6. The highest BCUT2D eigenvalue weighted by atomic mass is 35.5. The SMILES string of the molecule is O=C(O)[C@H](c1ccccc1)n1nnc2ccc(-c3c(F)cc(C(F)(F)F)cc3Cl)cc21. The molecule has 10 heteroatoms. The number of aliphatic carboxylic acids is 1. The number of halogens is 5. The van der Waals surface area contributed by atoms with Crippen LogP contribution in [0.4, 0.5) is 17.6 Å². The molecule has 5 nitrogen and oxygen atoms in total. The molecule has 4 rings (SSSR count). The van der Waals surface area contributed by atoms with Gasteiger partial charge in [0.15, 0.2) is 6.04 Å². The minimum Gasteiger partial charge on any atom is -0.479 e. The Hall–Kier alpha value is -3.46. The third-order valence-corrected chi connectivity index (χ3v) is 5.02. The van der Waals surface area contributed by atoms with E-state index in [0.29, 0.717) is 23.2 Å². The molecule has 0 spiro atoms. The second-order valence-electron chi connectivity index (χ2n) is 6.70. The quantitative estimate of drug-likeness (QED) is 0.413. The number of nitrogens with zero attached hydrogens (tertiary/aromatic N) is 3. The average Bonchev–Trinajstić information content (AvgIpc) is 3.10. The predicted molar refractivity (Wildman–Crippen MR) is 105 cm³/mol. The van der Waals surface area contributed by atoms with E-state index in [2.05, 4.69) is 10.3 Å². The molecule has 0 bridgehead atoms. The molecule has 0 fully saturated rings. The summed E-state index contributed by atoms with van der Waals surface area (Å²) in [5, 5.41) is 17.2. The number of aromatic nitrogens is 3. The van der Waals surface area contributed by atoms with E-state index < -0.39 is 34.6 Å². The van der Waals surface area contributed by atoms with E-state index in [1.807, 2.05) is 0 Å². The van der Waals surface area contributed by atoms with Crippen LogP contribution in [0.1, 0.15) is 17.2 Å². The van der Waals surface area contributed by atoms with Crippen LogP contribution in [0.2, 0.25) is 5.02 Å². The van der Waals surface area contributed by atoms with Gasteiger partial charge in [0, 0.05) is 5.56 Å². The third kappa shape index (κ3) is 3.84. The summed E-state index contributed by atoms with van der Waals surface area (Å²) in [5.74, 6) is -2.35. The first-order valence-corrected chi connectivity index (χ1v) is 9.24. The molecule has 0 amide bonds. The molecule has 158 valence electrons. The van der Waals surface area contributed by atoms with E-state index in [1.165, 1.54) is 18.2 Å². The van der Waals surface area contributed by atoms with E-state index in [0.717, 1.165) is 4.68 Å². The Morgan fingerprint density at radius 1 is 1.06 bits per heavy atom. The molecule has 0 saturated heterocycles. The van der Waals surface area contributed by atoms with Crippen LogP contribution in [0.25, 0.3) is 22.2 Å². The van der Waals surface area contributed by atoms with Crippen molar-refractivity contribution in [3.63, 3.8) is 0 Å². The van der Waals surface area contributed by atoms with Crippen molar-refractivity contribution in [2.45, 2.75) is 12.2 Å². The summed E-state index contributed by atoms with van der Waals surface area (Å²) in [7, 11) is 0. The minimum absolute atomic E-state index is 0.157. The van der Waals surface area contributed by atoms with Crippen molar-refractivity contribution in [2.24, 2.45) is 0 Å². The van der Waals surface area contributed by atoms with Gasteiger partial charge in [-0.25, -0.2) is 13.9 Å². The molecule has 4 aromatic rings. The van der Waals surface area contributed by atoms with E-state index >= 15 is 0 Å². The number of hydrogen-bond donors (Lipinski definition) is 1. The number of carbonyl (C=O) groups is 1. The molecule has 0 aliphatic heterocycles. The zero-order valence-corrected chi connectivity index (χ0v) is 16.2. The molecule has 1 aromatic heterocycles. The maximum Gasteiger partial charge on any atom is 0.416 e. The topological polar surface area (TPSA) is 68.0 Å². The monoisotopic (exact) mass is 449 g/mol. The first-order valence-electron chi connectivity index (χ1n) is 8.86. The summed E-state index contributed by atoms with van der Waals surface area (Å²) < 4.78 is 54.5. The van der Waals surface area contributed by atoms with E-state index in [4.69, 9.17) is 11.6 Å². The summed E-state index contributed by atoms with van der Waals surface area (Å²) in [4.78, 5) is 12.0. The zero-order chi connectivity index (χ0) is 22.3. The second kappa shape index (κ2) is 7.66. The zero-order valence-electron chi connectivity index (χ0n) is 15.4. The molecule has 31 heavy (non-hydrogen) atoms. The Morgan fingerprint density at radius 2 is 1.77 bits per heavy atom. The van der Waals surface area contributed by atoms with Crippen LogP contribution in [0.15, 0.2) is 60.7 Å². The van der Waals surface area contributed by atoms with Crippen LogP contribution >= 0.6 is 11.6 Å². The van der Waals surface area contributed by atoms with E-state index in [9.17, 15) is 27.5 Å². The van der Waals surface area contributed by atoms with Crippen molar-refractivity contribution in [1.29, 1.82) is 0 Å². The van der Waals surface area contributed by atoms with Crippen molar-refractivity contribution >= 4 is 28.6 Å². The van der Waals surface area contributed by atoms with Crippen molar-refractivity contribution < 1.29 is 27.5 Å². The molecular formula is C21H12ClF4N3O2. The number of carboxylic acids is 1. The summed E-state index contributed by atoms with van der Waals surface area (Å²) in [6, 6.07) is 12.4. The fraction of sp³-hybridized carbons (Fsp3) is 0.0952. The van der Waals surface area contributed by atoms with Gasteiger partial charge in [0.25, 0.3) is 0 Å². The Bertz CT molecular complexity index is 1270. The first kappa shape index (κ1) is 20.8. The number of carboxylic acid groups (broad SMARTS) is 1. The van der Waals surface area contributed by atoms with E-state index in [-0.39, 0.29) is 16.6 Å². The van der Waals surface area contributed by atoms with Gasteiger partial charge in [-0.1, -0.05) is 53.2 Å². The van der Waals surface area contributed by atoms with Crippen LogP contribution in [0.3, 0.4) is 0 Å². The van der Waals surface area contributed by atoms with Crippen LogP contribution in [0.5, 0.6) is 0 Å². The molecule has 3 aromatic carbocycles. The van der Waals surface area contributed by atoms with Crippen LogP contribution in [-0.2, 0) is 11.0 Å². The van der Waals surface area contributed by atoms with Gasteiger partial charge in [-0.15, -0.1) is 5.10 Å². The fourth-order valence-electron chi connectivity index (χ4n) is 3.32. The van der Waals surface area contributed by atoms with Gasteiger partial charge >= 0.3 is 12.1 Å². The molecule has 0 unspecified atom stereocenters. The lowest BCUT2D eigenvalue weighted by Crippen LogP contribution is -2.21. The van der Waals surface area contributed by atoms with Gasteiger partial charge in [0.1, 0.15) is 11.3 Å². The molecule has 0 aliphatic carbocycles. The van der Waals surface area contributed by atoms with E-state index in [1.54, 1.807) is 30.3 Å². The molecule has 1 heterocycles. The Morgan fingerprint density at radius 3 is 2.39 bits per heavy atom. The standard InChI is InChI=1S/C21H12ClF4N3O2/c22-14-9-13(21(24,25)26)10-15(23)18(14)12-6-7-16-17(8-12)29(28-27-16)19(20(30)31)11-4-2-1-3-5-11/h1-10,19H,(H,30,31)/t19-/m0/s1. The lowest BCUT2D eigenvalue weighted by atomic mass is 10.0. The smallest absolute Gasteiger partial charge is 0.416 e. The highest BCUT2D eigenvalue weighted by Crippen LogP contribution is 2.38. The first-order chi connectivity index (χ1) is 14.7. The maximum atomic E-state index is 14.6. The molecule has 1 N–H and O–H groups in total. The second-order valence-corrected chi connectivity index (χ2v) is 7.11. The van der Waals surface area contributed by atoms with Crippen molar-refractivity contribution in [3.8, 4) is 11.1 Å². The predicted octanol–water partition coefficient (Wildman–Crippen LogP) is 5.58. The van der Waals surface area contributed by atoms with Crippen molar-refractivity contribution in [3.05, 3.63) is 82.6 Å². The summed E-state index contributed by atoms with van der Waals surface area (Å²) in [6.45, 7) is 0. The Labute approximate surface area is 177 Å². The average molecular weight is 450 g/mol. The molecule has 0 aliphatic rings. The number of benzene rings is 3. The molecule has 0 saturated carbocycles. The van der Waals surface area contributed by atoms with Gasteiger partial charge < -0.3 is 5.11 Å². The number of alkyl halides is 3. The summed E-state index contributed by atoms with van der Waals surface area (Å²) >= 11 is 5.98. The van der Waals surface area contributed by atoms with Crippen molar-refractivity contribution in [1.82, 2.24) is 15.0 Å². The summed E-state index contributed by atoms with van der Waals surface area (Å²) in [6.07, 6.45) is -4.75. The summed E-state index contributed by atoms with van der Waals surface area (Å²) in [5.41, 5.74) is -0.272. The van der Waals surface area contributed by atoms with Gasteiger partial charge in [-0.2, -0.15) is 13.2 Å². The molecule has 1 atom stereocenters. The van der Waals surface area contributed by atoms with Crippen LogP contribution in [0, 0.1) is 5.82 Å². The van der Waals surface area contributed by atoms with Crippen molar-refractivity contribution in [2.75, 3.05) is 0 Å². The largest absolute Gasteiger partial charge is 0.479 e. The van der Waals surface area contributed by atoms with Crippen LogP contribution < -0.4 is 0 Å². The normalized spacial score (nSPS) is 12.8.